The van der Waals surface area contributed by atoms with Gasteiger partial charge in [0, 0.05) is 46.3 Å². The first-order chi connectivity index (χ1) is 13.7. The van der Waals surface area contributed by atoms with E-state index in [0.717, 1.165) is 64.1 Å². The molecule has 6 heteroatoms. The molecule has 1 atom stereocenters. The van der Waals surface area contributed by atoms with Gasteiger partial charge in [-0.05, 0) is 56.0 Å². The number of piperidine rings is 1. The summed E-state index contributed by atoms with van der Waals surface area (Å²) in [6.45, 7) is 7.15. The highest BCUT2D eigenvalue weighted by Crippen LogP contribution is 2.20. The molecule has 28 heavy (non-hydrogen) atoms. The lowest BCUT2D eigenvalue weighted by atomic mass is 9.96. The summed E-state index contributed by atoms with van der Waals surface area (Å²) in [7, 11) is 5.72. The van der Waals surface area contributed by atoms with Crippen molar-refractivity contribution >= 4 is 5.96 Å². The van der Waals surface area contributed by atoms with Crippen LogP contribution >= 0.6 is 0 Å². The fourth-order valence-corrected chi connectivity index (χ4v) is 4.16. The quantitative estimate of drug-likeness (QED) is 0.574. The van der Waals surface area contributed by atoms with E-state index < -0.39 is 0 Å². The van der Waals surface area contributed by atoms with E-state index in [4.69, 9.17) is 9.47 Å². The van der Waals surface area contributed by atoms with Gasteiger partial charge in [0.2, 0.25) is 0 Å². The zero-order valence-electron chi connectivity index (χ0n) is 17.7. The number of benzene rings is 1. The average molecular weight is 389 g/mol. The lowest BCUT2D eigenvalue weighted by Gasteiger charge is -2.33. The molecular formula is C22H36N4O2. The van der Waals surface area contributed by atoms with Crippen LogP contribution in [0, 0.1) is 11.8 Å². The molecule has 1 N–H and O–H groups in total. The number of aliphatic imine (C=N–C) groups is 1. The second-order valence-corrected chi connectivity index (χ2v) is 8.11. The lowest BCUT2D eigenvalue weighted by molar-refractivity contribution is 0.176. The van der Waals surface area contributed by atoms with E-state index in [1.807, 2.05) is 19.2 Å². The standard InChI is InChI=1S/C22H36N4O2/c1-23-22(25(2)15-20-10-13-28-17-20)24-14-18-8-11-26(12-9-18)16-19-4-6-21(27-3)7-5-19/h4-7,18,20H,8-17H2,1-3H3,(H,23,24). The predicted octanol–water partition coefficient (Wildman–Crippen LogP) is 2.45. The molecule has 2 aliphatic rings. The van der Waals surface area contributed by atoms with Crippen molar-refractivity contribution in [3.8, 4) is 5.75 Å². The van der Waals surface area contributed by atoms with Crippen LogP contribution in [0.3, 0.4) is 0 Å². The molecule has 1 aromatic rings. The molecule has 0 radical (unpaired) electrons. The highest BCUT2D eigenvalue weighted by Gasteiger charge is 2.22. The highest BCUT2D eigenvalue weighted by molar-refractivity contribution is 5.79. The summed E-state index contributed by atoms with van der Waals surface area (Å²) < 4.78 is 10.7. The van der Waals surface area contributed by atoms with E-state index >= 15 is 0 Å². The summed E-state index contributed by atoms with van der Waals surface area (Å²) in [5.74, 6) is 3.27. The minimum absolute atomic E-state index is 0.629. The maximum atomic E-state index is 5.49. The molecule has 6 nitrogen and oxygen atoms in total. The molecule has 1 unspecified atom stereocenters. The third-order valence-corrected chi connectivity index (χ3v) is 5.95. The average Bonchev–Trinajstić information content (AvgIpc) is 3.23. The fourth-order valence-electron chi connectivity index (χ4n) is 4.16. The number of likely N-dealkylation sites (tertiary alicyclic amines) is 1. The van der Waals surface area contributed by atoms with Crippen LogP contribution in [0.5, 0.6) is 5.75 Å². The Bertz CT molecular complexity index is 605. The summed E-state index contributed by atoms with van der Waals surface area (Å²) in [6.07, 6.45) is 3.63. The van der Waals surface area contributed by atoms with Crippen LogP contribution in [0.4, 0.5) is 0 Å². The van der Waals surface area contributed by atoms with Gasteiger partial charge in [0.1, 0.15) is 5.75 Å². The number of hydrogen-bond donors (Lipinski definition) is 1. The first-order valence-corrected chi connectivity index (χ1v) is 10.5. The van der Waals surface area contributed by atoms with Crippen molar-refractivity contribution in [2.75, 3.05) is 60.6 Å². The Kier molecular flexibility index (Phi) is 7.98. The number of guanidine groups is 1. The maximum Gasteiger partial charge on any atom is 0.193 e. The third-order valence-electron chi connectivity index (χ3n) is 5.95. The van der Waals surface area contributed by atoms with E-state index in [1.54, 1.807) is 7.11 Å². The van der Waals surface area contributed by atoms with Crippen molar-refractivity contribution < 1.29 is 9.47 Å². The maximum absolute atomic E-state index is 5.49. The SMILES string of the molecule is CN=C(NCC1CCN(Cc2ccc(OC)cc2)CC1)N(C)CC1CCOC1. The van der Waals surface area contributed by atoms with Crippen LogP contribution in [-0.2, 0) is 11.3 Å². The molecule has 3 rings (SSSR count). The van der Waals surface area contributed by atoms with Crippen molar-refractivity contribution in [2.45, 2.75) is 25.8 Å². The molecule has 2 fully saturated rings. The van der Waals surface area contributed by atoms with Crippen molar-refractivity contribution in [3.05, 3.63) is 29.8 Å². The number of nitrogens with zero attached hydrogens (tertiary/aromatic N) is 3. The minimum Gasteiger partial charge on any atom is -0.497 e. The summed E-state index contributed by atoms with van der Waals surface area (Å²) in [5, 5.41) is 3.59. The van der Waals surface area contributed by atoms with E-state index in [1.165, 1.54) is 18.4 Å². The molecular weight excluding hydrogens is 352 g/mol. The minimum atomic E-state index is 0.629. The first-order valence-electron chi connectivity index (χ1n) is 10.5. The molecule has 0 saturated carbocycles. The Morgan fingerprint density at radius 2 is 1.96 bits per heavy atom. The number of ether oxygens (including phenoxy) is 2. The second kappa shape index (κ2) is 10.7. The monoisotopic (exact) mass is 388 g/mol. The Hall–Kier alpha value is -1.79. The second-order valence-electron chi connectivity index (χ2n) is 8.11. The fraction of sp³-hybridized carbons (Fsp3) is 0.682. The van der Waals surface area contributed by atoms with E-state index in [0.29, 0.717) is 11.8 Å². The van der Waals surface area contributed by atoms with Gasteiger partial charge in [0.15, 0.2) is 5.96 Å². The zero-order valence-corrected chi connectivity index (χ0v) is 17.7. The van der Waals surface area contributed by atoms with Gasteiger partial charge in [-0.1, -0.05) is 12.1 Å². The van der Waals surface area contributed by atoms with Crippen LogP contribution in [0.2, 0.25) is 0 Å². The van der Waals surface area contributed by atoms with Crippen LogP contribution in [0.25, 0.3) is 0 Å². The van der Waals surface area contributed by atoms with Crippen LogP contribution in [0.1, 0.15) is 24.8 Å². The molecule has 2 heterocycles. The number of methoxy groups -OCH3 is 1. The zero-order chi connectivity index (χ0) is 19.8. The largest absolute Gasteiger partial charge is 0.497 e. The van der Waals surface area contributed by atoms with Gasteiger partial charge in [0.05, 0.1) is 13.7 Å². The Labute approximate surface area is 169 Å². The predicted molar refractivity (Wildman–Crippen MR) is 114 cm³/mol. The van der Waals surface area contributed by atoms with Gasteiger partial charge in [-0.25, -0.2) is 0 Å². The van der Waals surface area contributed by atoms with E-state index in [-0.39, 0.29) is 0 Å². The normalized spacial score (nSPS) is 21.7. The molecule has 0 bridgehead atoms. The van der Waals surface area contributed by atoms with Gasteiger partial charge in [-0.3, -0.25) is 9.89 Å². The van der Waals surface area contributed by atoms with Gasteiger partial charge < -0.3 is 19.7 Å². The molecule has 1 aromatic carbocycles. The highest BCUT2D eigenvalue weighted by atomic mass is 16.5. The molecule has 0 spiro atoms. The number of nitrogens with one attached hydrogen (secondary N) is 1. The third kappa shape index (κ3) is 6.11. The lowest BCUT2D eigenvalue weighted by Crippen LogP contribution is -2.44. The topological polar surface area (TPSA) is 49.3 Å². The van der Waals surface area contributed by atoms with Gasteiger partial charge in [-0.2, -0.15) is 0 Å². The first kappa shape index (κ1) is 20.9. The molecule has 156 valence electrons. The van der Waals surface area contributed by atoms with Crippen LogP contribution in [0.15, 0.2) is 29.3 Å². The molecule has 0 aliphatic carbocycles. The van der Waals surface area contributed by atoms with Gasteiger partial charge in [-0.15, -0.1) is 0 Å². The van der Waals surface area contributed by atoms with Gasteiger partial charge >= 0.3 is 0 Å². The van der Waals surface area contributed by atoms with Crippen molar-refractivity contribution in [3.63, 3.8) is 0 Å². The summed E-state index contributed by atoms with van der Waals surface area (Å²) in [5.41, 5.74) is 1.36. The number of hydrogen-bond acceptors (Lipinski definition) is 4. The smallest absolute Gasteiger partial charge is 0.193 e. The van der Waals surface area contributed by atoms with Crippen molar-refractivity contribution in [2.24, 2.45) is 16.8 Å². The van der Waals surface area contributed by atoms with Crippen LogP contribution in [-0.4, -0.2) is 76.4 Å². The summed E-state index contributed by atoms with van der Waals surface area (Å²) >= 11 is 0. The van der Waals surface area contributed by atoms with Crippen molar-refractivity contribution in [1.82, 2.24) is 15.1 Å². The Morgan fingerprint density at radius 1 is 1.21 bits per heavy atom. The Balaban J connectivity index is 1.37. The summed E-state index contributed by atoms with van der Waals surface area (Å²) in [6, 6.07) is 8.43. The summed E-state index contributed by atoms with van der Waals surface area (Å²) in [4.78, 5) is 9.27. The molecule has 0 amide bonds. The van der Waals surface area contributed by atoms with Crippen molar-refractivity contribution in [1.29, 1.82) is 0 Å². The van der Waals surface area contributed by atoms with Gasteiger partial charge in [0.25, 0.3) is 0 Å². The molecule has 2 saturated heterocycles. The molecule has 0 aromatic heterocycles. The van der Waals surface area contributed by atoms with E-state index in [9.17, 15) is 0 Å². The number of rotatable bonds is 7. The van der Waals surface area contributed by atoms with Crippen LogP contribution < -0.4 is 10.1 Å². The molecule has 2 aliphatic heterocycles. The van der Waals surface area contributed by atoms with E-state index in [2.05, 4.69) is 39.3 Å². The Morgan fingerprint density at radius 3 is 2.57 bits per heavy atom.